The molecule has 0 aliphatic rings. The first-order chi connectivity index (χ1) is 12.2. The van der Waals surface area contributed by atoms with E-state index in [1.807, 2.05) is 24.3 Å². The minimum absolute atomic E-state index is 0.0550. The highest BCUT2D eigenvalue weighted by Crippen LogP contribution is 2.30. The van der Waals surface area contributed by atoms with Crippen LogP contribution >= 0.6 is 23.2 Å². The van der Waals surface area contributed by atoms with E-state index in [1.54, 1.807) is 0 Å². The molecule has 0 aliphatic carbocycles. The number of aromatic hydroxyl groups is 1. The molecule has 2 N–H and O–H groups in total. The van der Waals surface area contributed by atoms with Gasteiger partial charge in [-0.1, -0.05) is 56.1 Å². The fraction of sp³-hybridized carbons (Fsp3) is 0.263. The number of ether oxygens (including phenoxy) is 1. The number of hydrazone groups is 1. The maximum atomic E-state index is 11.8. The minimum Gasteiger partial charge on any atom is -0.506 e. The van der Waals surface area contributed by atoms with Gasteiger partial charge >= 0.3 is 0 Å². The monoisotopic (exact) mass is 394 g/mol. The van der Waals surface area contributed by atoms with E-state index in [0.717, 1.165) is 0 Å². The third-order valence-corrected chi connectivity index (χ3v) is 4.05. The number of hydrogen-bond donors (Lipinski definition) is 2. The first kappa shape index (κ1) is 20.1. The number of phenols is 1. The van der Waals surface area contributed by atoms with Crippen LogP contribution in [0.3, 0.4) is 0 Å². The van der Waals surface area contributed by atoms with Crippen LogP contribution in [0.5, 0.6) is 11.5 Å². The van der Waals surface area contributed by atoms with Crippen LogP contribution in [-0.2, 0) is 10.2 Å². The molecule has 0 heterocycles. The van der Waals surface area contributed by atoms with Gasteiger partial charge in [-0.05, 0) is 35.2 Å². The highest BCUT2D eigenvalue weighted by atomic mass is 35.5. The van der Waals surface area contributed by atoms with Gasteiger partial charge in [0.05, 0.1) is 11.2 Å². The number of carbonyl (C=O) groups excluding carboxylic acids is 1. The van der Waals surface area contributed by atoms with Crippen LogP contribution in [-0.4, -0.2) is 23.8 Å². The number of amides is 1. The Kier molecular flexibility index (Phi) is 6.51. The summed E-state index contributed by atoms with van der Waals surface area (Å²) in [6, 6.07) is 10.5. The quantitative estimate of drug-likeness (QED) is 0.578. The summed E-state index contributed by atoms with van der Waals surface area (Å²) in [4.78, 5) is 11.8. The Morgan fingerprint density at radius 2 is 1.88 bits per heavy atom. The molecule has 0 aliphatic heterocycles. The van der Waals surface area contributed by atoms with E-state index in [0.29, 0.717) is 16.3 Å². The molecule has 2 aromatic rings. The van der Waals surface area contributed by atoms with E-state index in [9.17, 15) is 9.90 Å². The van der Waals surface area contributed by atoms with Gasteiger partial charge < -0.3 is 9.84 Å². The second-order valence-corrected chi connectivity index (χ2v) is 7.53. The molecule has 2 rings (SSSR count). The van der Waals surface area contributed by atoms with Crippen LogP contribution in [0.25, 0.3) is 0 Å². The van der Waals surface area contributed by atoms with E-state index in [-0.39, 0.29) is 22.8 Å². The lowest BCUT2D eigenvalue weighted by Gasteiger charge is -2.19. The third kappa shape index (κ3) is 5.64. The normalized spacial score (nSPS) is 11.6. The van der Waals surface area contributed by atoms with Gasteiger partial charge in [-0.2, -0.15) is 5.10 Å². The summed E-state index contributed by atoms with van der Waals surface area (Å²) in [5.74, 6) is -0.00517. The number of hydrogen-bond acceptors (Lipinski definition) is 4. The standard InChI is InChI=1S/C19H20Cl2N2O3/c1-19(2,3)13-4-6-15(7-5-13)26-11-17(24)23-22-10-12-8-14(20)9-16(21)18(12)25/h4-10,25H,11H2,1-3H3,(H,23,24)/b22-10-. The van der Waals surface area contributed by atoms with Crippen molar-refractivity contribution in [1.82, 2.24) is 5.43 Å². The molecule has 7 heteroatoms. The molecular formula is C19H20Cl2N2O3. The van der Waals surface area contributed by atoms with Gasteiger partial charge in [0.1, 0.15) is 11.5 Å². The predicted molar refractivity (Wildman–Crippen MR) is 105 cm³/mol. The molecule has 0 radical (unpaired) electrons. The summed E-state index contributed by atoms with van der Waals surface area (Å²) in [5.41, 5.74) is 3.84. The van der Waals surface area contributed by atoms with E-state index < -0.39 is 5.91 Å². The zero-order valence-electron chi connectivity index (χ0n) is 14.7. The zero-order chi connectivity index (χ0) is 19.3. The molecular weight excluding hydrogens is 375 g/mol. The summed E-state index contributed by atoms with van der Waals surface area (Å²) < 4.78 is 5.42. The van der Waals surface area contributed by atoms with Gasteiger partial charge in [0.25, 0.3) is 5.91 Å². The Morgan fingerprint density at radius 1 is 1.23 bits per heavy atom. The summed E-state index contributed by atoms with van der Waals surface area (Å²) in [6.45, 7) is 6.19. The smallest absolute Gasteiger partial charge is 0.277 e. The number of rotatable bonds is 5. The lowest BCUT2D eigenvalue weighted by molar-refractivity contribution is -0.123. The molecule has 0 bridgehead atoms. The van der Waals surface area contributed by atoms with Gasteiger partial charge in [-0.15, -0.1) is 0 Å². The molecule has 1 amide bonds. The highest BCUT2D eigenvalue weighted by Gasteiger charge is 2.13. The van der Waals surface area contributed by atoms with Gasteiger partial charge in [0.15, 0.2) is 6.61 Å². The SMILES string of the molecule is CC(C)(C)c1ccc(OCC(=O)N/N=C\c2cc(Cl)cc(Cl)c2O)cc1. The van der Waals surface area contributed by atoms with Crippen molar-refractivity contribution in [3.05, 3.63) is 57.6 Å². The first-order valence-corrected chi connectivity index (χ1v) is 8.65. The second-order valence-electron chi connectivity index (χ2n) is 6.68. The van der Waals surface area contributed by atoms with Crippen molar-refractivity contribution in [2.45, 2.75) is 26.2 Å². The first-order valence-electron chi connectivity index (χ1n) is 7.90. The molecule has 2 aromatic carbocycles. The molecule has 5 nitrogen and oxygen atoms in total. The van der Waals surface area contributed by atoms with Crippen LogP contribution in [0.2, 0.25) is 10.0 Å². The number of nitrogens with zero attached hydrogens (tertiary/aromatic N) is 1. The van der Waals surface area contributed by atoms with Gasteiger partial charge in [-0.3, -0.25) is 4.79 Å². The number of halogens is 2. The van der Waals surface area contributed by atoms with Crippen LogP contribution in [0.1, 0.15) is 31.9 Å². The molecule has 0 spiro atoms. The van der Waals surface area contributed by atoms with Crippen LogP contribution in [0.4, 0.5) is 0 Å². The fourth-order valence-electron chi connectivity index (χ4n) is 2.09. The number of phenolic OH excluding ortho intramolecular Hbond substituents is 1. The van der Waals surface area contributed by atoms with Crippen LogP contribution in [0.15, 0.2) is 41.5 Å². The van der Waals surface area contributed by atoms with Crippen molar-refractivity contribution in [2.24, 2.45) is 5.10 Å². The van der Waals surface area contributed by atoms with Crippen molar-refractivity contribution in [3.63, 3.8) is 0 Å². The molecule has 0 saturated carbocycles. The maximum absolute atomic E-state index is 11.8. The Balaban J connectivity index is 1.88. The number of benzene rings is 2. The predicted octanol–water partition coefficient (Wildman–Crippen LogP) is 4.53. The number of carbonyl (C=O) groups is 1. The van der Waals surface area contributed by atoms with E-state index in [4.69, 9.17) is 27.9 Å². The zero-order valence-corrected chi connectivity index (χ0v) is 16.2. The molecule has 0 fully saturated rings. The summed E-state index contributed by atoms with van der Waals surface area (Å²) in [7, 11) is 0. The lowest BCUT2D eigenvalue weighted by Crippen LogP contribution is -2.24. The Labute approximate surface area is 162 Å². The van der Waals surface area contributed by atoms with Crippen molar-refractivity contribution >= 4 is 35.3 Å². The molecule has 138 valence electrons. The van der Waals surface area contributed by atoms with Gasteiger partial charge in [-0.25, -0.2) is 5.43 Å². The maximum Gasteiger partial charge on any atom is 0.277 e. The van der Waals surface area contributed by atoms with Gasteiger partial charge in [0.2, 0.25) is 0 Å². The van der Waals surface area contributed by atoms with Crippen molar-refractivity contribution < 1.29 is 14.6 Å². The Hall–Kier alpha value is -2.24. The summed E-state index contributed by atoms with van der Waals surface area (Å²) in [6.07, 6.45) is 1.25. The summed E-state index contributed by atoms with van der Waals surface area (Å²) in [5, 5.41) is 14.0. The van der Waals surface area contributed by atoms with Gasteiger partial charge in [0, 0.05) is 10.6 Å². The van der Waals surface area contributed by atoms with Crippen molar-refractivity contribution in [3.8, 4) is 11.5 Å². The summed E-state index contributed by atoms with van der Waals surface area (Å²) >= 11 is 11.7. The average Bonchev–Trinajstić information content (AvgIpc) is 2.57. The van der Waals surface area contributed by atoms with E-state index in [1.165, 1.54) is 23.9 Å². The fourth-order valence-corrected chi connectivity index (χ4v) is 2.60. The van der Waals surface area contributed by atoms with Crippen LogP contribution < -0.4 is 10.2 Å². The largest absolute Gasteiger partial charge is 0.506 e. The molecule has 0 atom stereocenters. The molecule has 0 unspecified atom stereocenters. The third-order valence-electron chi connectivity index (χ3n) is 3.54. The molecule has 0 saturated heterocycles. The average molecular weight is 395 g/mol. The lowest BCUT2D eigenvalue weighted by atomic mass is 9.87. The highest BCUT2D eigenvalue weighted by molar-refractivity contribution is 6.36. The molecule has 26 heavy (non-hydrogen) atoms. The number of nitrogens with one attached hydrogen (secondary N) is 1. The van der Waals surface area contributed by atoms with Crippen LogP contribution in [0, 0.1) is 0 Å². The molecule has 0 aromatic heterocycles. The van der Waals surface area contributed by atoms with Crippen molar-refractivity contribution in [2.75, 3.05) is 6.61 Å². The Morgan fingerprint density at radius 3 is 2.50 bits per heavy atom. The van der Waals surface area contributed by atoms with E-state index >= 15 is 0 Å². The minimum atomic E-state index is -0.436. The topological polar surface area (TPSA) is 70.9 Å². The second kappa shape index (κ2) is 8.43. The van der Waals surface area contributed by atoms with Crippen molar-refractivity contribution in [1.29, 1.82) is 0 Å². The Bertz CT molecular complexity index is 813. The van der Waals surface area contributed by atoms with E-state index in [2.05, 4.69) is 31.3 Å².